The average molecular weight is 433 g/mol. The second kappa shape index (κ2) is 7.69. The standard InChI is InChI=1S/C21H19N7O4/c1-3-32-15-10-12(7-8-14(15)29)19-16-17(11-5-4-6-13(9-11)31-2)23-24-20(30)18(16)22-21-25-26-27-28(19)21/h4-10,19,29H,3H2,1-2H3,(H,24,30)(H,22,25,27). The van der Waals surface area contributed by atoms with Gasteiger partial charge in [-0.3, -0.25) is 4.79 Å². The molecule has 0 bridgehead atoms. The van der Waals surface area contributed by atoms with Crippen LogP contribution >= 0.6 is 0 Å². The monoisotopic (exact) mass is 433 g/mol. The Morgan fingerprint density at radius 1 is 1.22 bits per heavy atom. The number of aromatic hydroxyl groups is 1. The zero-order valence-corrected chi connectivity index (χ0v) is 17.2. The van der Waals surface area contributed by atoms with Crippen molar-refractivity contribution >= 4 is 11.6 Å². The minimum absolute atomic E-state index is 0.0127. The van der Waals surface area contributed by atoms with E-state index < -0.39 is 11.6 Å². The highest BCUT2D eigenvalue weighted by Crippen LogP contribution is 2.43. The van der Waals surface area contributed by atoms with Gasteiger partial charge in [-0.1, -0.05) is 23.3 Å². The maximum atomic E-state index is 12.8. The van der Waals surface area contributed by atoms with Crippen molar-refractivity contribution in [3.8, 4) is 28.5 Å². The lowest BCUT2D eigenvalue weighted by atomic mass is 9.92. The normalized spacial score (nSPS) is 14.2. The molecule has 0 saturated carbocycles. The van der Waals surface area contributed by atoms with Crippen molar-refractivity contribution in [2.45, 2.75) is 13.0 Å². The zero-order chi connectivity index (χ0) is 22.2. The molecule has 3 heterocycles. The number of anilines is 2. The minimum atomic E-state index is -0.605. The van der Waals surface area contributed by atoms with Crippen molar-refractivity contribution in [3.63, 3.8) is 0 Å². The molecule has 1 aliphatic rings. The lowest BCUT2D eigenvalue weighted by molar-refractivity contribution is 0.317. The van der Waals surface area contributed by atoms with E-state index in [2.05, 4.69) is 31.0 Å². The maximum Gasteiger partial charge on any atom is 0.288 e. The molecule has 1 aliphatic heterocycles. The number of aromatic nitrogens is 6. The van der Waals surface area contributed by atoms with Gasteiger partial charge in [0.1, 0.15) is 17.5 Å². The molecule has 32 heavy (non-hydrogen) atoms. The van der Waals surface area contributed by atoms with E-state index >= 15 is 0 Å². The molecule has 11 nitrogen and oxygen atoms in total. The van der Waals surface area contributed by atoms with E-state index in [1.54, 1.807) is 23.9 Å². The number of aromatic amines is 1. The number of nitrogens with zero attached hydrogens (tertiary/aromatic N) is 5. The van der Waals surface area contributed by atoms with Crippen molar-refractivity contribution < 1.29 is 14.6 Å². The molecule has 2 aromatic heterocycles. The van der Waals surface area contributed by atoms with Gasteiger partial charge in [-0.05, 0) is 47.2 Å². The molecule has 162 valence electrons. The number of rotatable bonds is 5. The third-order valence-corrected chi connectivity index (χ3v) is 5.21. The van der Waals surface area contributed by atoms with Crippen molar-refractivity contribution in [2.75, 3.05) is 19.0 Å². The molecule has 3 N–H and O–H groups in total. The lowest BCUT2D eigenvalue weighted by Crippen LogP contribution is -2.29. The molecule has 0 saturated heterocycles. The number of ether oxygens (including phenoxy) is 2. The van der Waals surface area contributed by atoms with Gasteiger partial charge >= 0.3 is 0 Å². The first-order valence-corrected chi connectivity index (χ1v) is 9.88. The van der Waals surface area contributed by atoms with Crippen LogP contribution in [0.1, 0.15) is 24.1 Å². The molecule has 0 amide bonds. The molecule has 1 atom stereocenters. The molecule has 5 rings (SSSR count). The average Bonchev–Trinajstić information content (AvgIpc) is 3.28. The summed E-state index contributed by atoms with van der Waals surface area (Å²) in [6.07, 6.45) is 0. The van der Waals surface area contributed by atoms with Crippen LogP contribution in [0.3, 0.4) is 0 Å². The van der Waals surface area contributed by atoms with Crippen LogP contribution in [-0.2, 0) is 0 Å². The summed E-state index contributed by atoms with van der Waals surface area (Å²) in [6, 6.07) is 11.7. The van der Waals surface area contributed by atoms with Crippen LogP contribution in [0.4, 0.5) is 11.6 Å². The van der Waals surface area contributed by atoms with Gasteiger partial charge in [0.2, 0.25) is 5.95 Å². The Kier molecular flexibility index (Phi) is 4.70. The number of nitrogens with one attached hydrogen (secondary N) is 2. The van der Waals surface area contributed by atoms with Crippen LogP contribution in [0.25, 0.3) is 11.3 Å². The van der Waals surface area contributed by atoms with Gasteiger partial charge in [0.25, 0.3) is 5.56 Å². The van der Waals surface area contributed by atoms with Crippen LogP contribution in [0, 0.1) is 0 Å². The van der Waals surface area contributed by atoms with Crippen LogP contribution in [0.5, 0.6) is 17.2 Å². The number of hydrogen-bond donors (Lipinski definition) is 3. The summed E-state index contributed by atoms with van der Waals surface area (Å²) < 4.78 is 12.5. The third-order valence-electron chi connectivity index (χ3n) is 5.21. The van der Waals surface area contributed by atoms with Gasteiger partial charge in [0.15, 0.2) is 11.5 Å². The first-order chi connectivity index (χ1) is 15.6. The first-order valence-electron chi connectivity index (χ1n) is 9.88. The number of fused-ring (bicyclic) bond motifs is 2. The van der Waals surface area contributed by atoms with E-state index in [1.165, 1.54) is 6.07 Å². The third kappa shape index (κ3) is 3.11. The van der Waals surface area contributed by atoms with Crippen LogP contribution in [-0.4, -0.2) is 49.2 Å². The number of phenolic OH excluding ortho intramolecular Hbond substituents is 1. The smallest absolute Gasteiger partial charge is 0.288 e. The Morgan fingerprint density at radius 3 is 2.91 bits per heavy atom. The van der Waals surface area contributed by atoms with Gasteiger partial charge < -0.3 is 19.9 Å². The van der Waals surface area contributed by atoms with E-state index in [-0.39, 0.29) is 11.4 Å². The fourth-order valence-electron chi connectivity index (χ4n) is 3.81. The fourth-order valence-corrected chi connectivity index (χ4v) is 3.81. The molecule has 11 heteroatoms. The fraction of sp³-hybridized carbons (Fsp3) is 0.190. The Balaban J connectivity index is 1.78. The molecule has 2 aromatic carbocycles. The highest BCUT2D eigenvalue weighted by Gasteiger charge is 2.34. The number of benzene rings is 2. The summed E-state index contributed by atoms with van der Waals surface area (Å²) in [7, 11) is 1.58. The Bertz CT molecular complexity index is 1360. The Hall–Kier alpha value is -4.41. The Morgan fingerprint density at radius 2 is 2.09 bits per heavy atom. The second-order valence-electron chi connectivity index (χ2n) is 7.06. The van der Waals surface area contributed by atoms with Crippen molar-refractivity contribution in [1.82, 2.24) is 30.4 Å². The van der Waals surface area contributed by atoms with E-state index in [0.717, 1.165) is 5.56 Å². The van der Waals surface area contributed by atoms with Crippen LogP contribution < -0.4 is 20.3 Å². The van der Waals surface area contributed by atoms with Gasteiger partial charge in [-0.15, -0.1) is 0 Å². The quantitative estimate of drug-likeness (QED) is 0.380. The maximum absolute atomic E-state index is 12.8. The summed E-state index contributed by atoms with van der Waals surface area (Å²) in [5.41, 5.74) is 2.44. The highest BCUT2D eigenvalue weighted by molar-refractivity contribution is 5.76. The molecular formula is C21H19N7O4. The molecule has 4 aromatic rings. The second-order valence-corrected chi connectivity index (χ2v) is 7.06. The first kappa shape index (κ1) is 19.5. The number of phenols is 1. The van der Waals surface area contributed by atoms with Gasteiger partial charge in [-0.2, -0.15) is 9.78 Å². The van der Waals surface area contributed by atoms with Crippen LogP contribution in [0.15, 0.2) is 47.3 Å². The predicted molar refractivity (Wildman–Crippen MR) is 114 cm³/mol. The van der Waals surface area contributed by atoms with Crippen LogP contribution in [0.2, 0.25) is 0 Å². The number of tetrazole rings is 1. The van der Waals surface area contributed by atoms with Crippen molar-refractivity contribution in [3.05, 3.63) is 63.9 Å². The molecule has 0 fully saturated rings. The van der Waals surface area contributed by atoms with Gasteiger partial charge in [0, 0.05) is 11.1 Å². The predicted octanol–water partition coefficient (Wildman–Crippen LogP) is 2.23. The topological polar surface area (TPSA) is 140 Å². The summed E-state index contributed by atoms with van der Waals surface area (Å²) >= 11 is 0. The van der Waals surface area contributed by atoms with E-state index in [0.29, 0.717) is 40.9 Å². The Labute approximate surface area is 181 Å². The number of methoxy groups -OCH3 is 1. The summed E-state index contributed by atoms with van der Waals surface area (Å²) in [4.78, 5) is 12.8. The molecule has 1 unspecified atom stereocenters. The van der Waals surface area contributed by atoms with Gasteiger partial charge in [0.05, 0.1) is 19.4 Å². The summed E-state index contributed by atoms with van der Waals surface area (Å²) in [5.74, 6) is 1.29. The van der Waals surface area contributed by atoms with Crippen molar-refractivity contribution in [1.29, 1.82) is 0 Å². The largest absolute Gasteiger partial charge is 0.504 e. The summed E-state index contributed by atoms with van der Waals surface area (Å²) in [6.45, 7) is 2.21. The van der Waals surface area contributed by atoms with E-state index in [4.69, 9.17) is 9.47 Å². The highest BCUT2D eigenvalue weighted by atomic mass is 16.5. The molecular weight excluding hydrogens is 414 g/mol. The molecule has 0 radical (unpaired) electrons. The molecule has 0 aliphatic carbocycles. The van der Waals surface area contributed by atoms with Gasteiger partial charge in [-0.25, -0.2) is 5.10 Å². The number of H-pyrrole nitrogens is 1. The van der Waals surface area contributed by atoms with Crippen molar-refractivity contribution in [2.24, 2.45) is 0 Å². The lowest BCUT2D eigenvalue weighted by Gasteiger charge is -2.28. The summed E-state index contributed by atoms with van der Waals surface area (Å²) in [5, 5.41) is 32.0. The number of hydrogen-bond acceptors (Lipinski definition) is 9. The zero-order valence-electron chi connectivity index (χ0n) is 17.2. The van der Waals surface area contributed by atoms with E-state index in [9.17, 15) is 9.90 Å². The van der Waals surface area contributed by atoms with E-state index in [1.807, 2.05) is 31.2 Å². The minimum Gasteiger partial charge on any atom is -0.504 e. The SMILES string of the molecule is CCOc1cc(C2c3c(-c4cccc(OC)c4)n[nH]c(=O)c3Nc3nnnn32)ccc1O. The molecule has 0 spiro atoms.